The normalized spacial score (nSPS) is 15.4. The van der Waals surface area contributed by atoms with Gasteiger partial charge in [-0.3, -0.25) is 4.79 Å². The highest BCUT2D eigenvalue weighted by atomic mass is 79.9. The first-order valence-corrected chi connectivity index (χ1v) is 12.4. The molecule has 1 saturated heterocycles. The molecule has 0 aromatic heterocycles. The van der Waals surface area contributed by atoms with Gasteiger partial charge in [-0.05, 0) is 43.2 Å². The van der Waals surface area contributed by atoms with Gasteiger partial charge in [0.05, 0.1) is 32.4 Å². The van der Waals surface area contributed by atoms with E-state index in [1.165, 1.54) is 36.9 Å². The summed E-state index contributed by atoms with van der Waals surface area (Å²) in [4.78, 5) is 12.6. The second kappa shape index (κ2) is 11.0. The molecule has 9 nitrogen and oxygen atoms in total. The zero-order chi connectivity index (χ0) is 24.0. The van der Waals surface area contributed by atoms with Crippen molar-refractivity contribution in [3.63, 3.8) is 0 Å². The van der Waals surface area contributed by atoms with Gasteiger partial charge in [0.25, 0.3) is 0 Å². The van der Waals surface area contributed by atoms with Gasteiger partial charge in [0.15, 0.2) is 11.5 Å². The molecule has 1 fully saturated rings. The zero-order valence-corrected chi connectivity index (χ0v) is 21.0. The number of ether oxygens (including phenoxy) is 3. The third kappa shape index (κ3) is 5.84. The van der Waals surface area contributed by atoms with E-state index in [4.69, 9.17) is 14.2 Å². The average molecular weight is 540 g/mol. The number of hydrazone groups is 1. The molecule has 2 aromatic rings. The Labute approximate surface area is 201 Å². The molecule has 0 unspecified atom stereocenters. The molecular weight excluding hydrogens is 514 g/mol. The third-order valence-corrected chi connectivity index (χ3v) is 7.78. The van der Waals surface area contributed by atoms with E-state index >= 15 is 0 Å². The minimum atomic E-state index is -3.72. The van der Waals surface area contributed by atoms with Gasteiger partial charge in [-0.1, -0.05) is 15.9 Å². The lowest BCUT2D eigenvalue weighted by atomic mass is 9.98. The largest absolute Gasteiger partial charge is 0.496 e. The molecule has 1 aliphatic rings. The summed E-state index contributed by atoms with van der Waals surface area (Å²) in [6, 6.07) is 9.95. The quantitative estimate of drug-likeness (QED) is 0.408. The Kier molecular flexibility index (Phi) is 8.33. The topological polar surface area (TPSA) is 107 Å². The lowest BCUT2D eigenvalue weighted by Crippen LogP contribution is -2.42. The Hall–Kier alpha value is -2.63. The number of halogens is 1. The maximum atomic E-state index is 13.0. The summed E-state index contributed by atoms with van der Waals surface area (Å²) in [5, 5.41) is 4.03. The van der Waals surface area contributed by atoms with Crippen molar-refractivity contribution >= 4 is 38.1 Å². The van der Waals surface area contributed by atoms with Gasteiger partial charge in [0.1, 0.15) is 5.75 Å². The number of nitrogens with zero attached hydrogens (tertiary/aromatic N) is 2. The molecule has 0 spiro atoms. The number of carbonyl (C=O) groups is 1. The molecule has 1 amide bonds. The summed E-state index contributed by atoms with van der Waals surface area (Å²) < 4.78 is 44.0. The predicted molar refractivity (Wildman–Crippen MR) is 127 cm³/mol. The number of rotatable bonds is 8. The van der Waals surface area contributed by atoms with E-state index in [9.17, 15) is 13.2 Å². The fourth-order valence-corrected chi connectivity index (χ4v) is 5.41. The summed E-state index contributed by atoms with van der Waals surface area (Å²) in [5.74, 6) is 0.845. The van der Waals surface area contributed by atoms with Crippen LogP contribution >= 0.6 is 15.9 Å². The first kappa shape index (κ1) is 25.0. The van der Waals surface area contributed by atoms with E-state index < -0.39 is 10.0 Å². The molecule has 1 aliphatic heterocycles. The zero-order valence-electron chi connectivity index (χ0n) is 18.6. The fourth-order valence-electron chi connectivity index (χ4n) is 3.55. The summed E-state index contributed by atoms with van der Waals surface area (Å²) >= 11 is 3.39. The van der Waals surface area contributed by atoms with E-state index in [0.29, 0.717) is 35.7 Å². The number of piperidine rings is 1. The maximum Gasteiger partial charge on any atom is 0.243 e. The fraction of sp³-hybridized carbons (Fsp3) is 0.364. The second-order valence-corrected chi connectivity index (χ2v) is 10.2. The highest BCUT2D eigenvalue weighted by Crippen LogP contribution is 2.32. The molecule has 3 rings (SSSR count). The third-order valence-electron chi connectivity index (χ3n) is 5.39. The summed E-state index contributed by atoms with van der Waals surface area (Å²) in [7, 11) is 0.782. The van der Waals surface area contributed by atoms with Crippen molar-refractivity contribution in [3.8, 4) is 17.2 Å². The van der Waals surface area contributed by atoms with Gasteiger partial charge in [0, 0.05) is 35.1 Å². The monoisotopic (exact) mass is 539 g/mol. The second-order valence-electron chi connectivity index (χ2n) is 7.32. The minimum absolute atomic E-state index is 0.121. The van der Waals surface area contributed by atoms with Crippen LogP contribution in [0.3, 0.4) is 0 Å². The molecule has 0 atom stereocenters. The molecule has 0 aliphatic carbocycles. The lowest BCUT2D eigenvalue weighted by molar-refractivity contribution is -0.126. The van der Waals surface area contributed by atoms with E-state index in [1.54, 1.807) is 19.2 Å². The number of hydrogen-bond donors (Lipinski definition) is 1. The first-order valence-electron chi connectivity index (χ1n) is 10.2. The van der Waals surface area contributed by atoms with Crippen LogP contribution in [0, 0.1) is 5.92 Å². The van der Waals surface area contributed by atoms with Crippen molar-refractivity contribution in [1.29, 1.82) is 0 Å². The molecule has 11 heteroatoms. The Morgan fingerprint density at radius 1 is 1.03 bits per heavy atom. The number of carbonyl (C=O) groups excluding carboxylic acids is 1. The van der Waals surface area contributed by atoms with Gasteiger partial charge in [0.2, 0.25) is 15.9 Å². The molecule has 1 heterocycles. The molecule has 0 saturated carbocycles. The minimum Gasteiger partial charge on any atom is -0.496 e. The van der Waals surface area contributed by atoms with Crippen LogP contribution in [0.15, 0.2) is 50.9 Å². The smallest absolute Gasteiger partial charge is 0.243 e. The van der Waals surface area contributed by atoms with Crippen LogP contribution < -0.4 is 19.6 Å². The van der Waals surface area contributed by atoms with Gasteiger partial charge >= 0.3 is 0 Å². The molecular formula is C22H26BrN3O6S. The van der Waals surface area contributed by atoms with Crippen molar-refractivity contribution in [3.05, 3.63) is 46.4 Å². The van der Waals surface area contributed by atoms with Crippen molar-refractivity contribution in [2.45, 2.75) is 17.7 Å². The van der Waals surface area contributed by atoms with Crippen LogP contribution in [0.5, 0.6) is 17.2 Å². The van der Waals surface area contributed by atoms with Crippen molar-refractivity contribution in [2.75, 3.05) is 34.4 Å². The summed E-state index contributed by atoms with van der Waals surface area (Å²) in [5.41, 5.74) is 3.26. The molecule has 1 N–H and O–H groups in total. The molecule has 0 bridgehead atoms. The highest BCUT2D eigenvalue weighted by molar-refractivity contribution is 9.10. The van der Waals surface area contributed by atoms with Crippen LogP contribution in [-0.2, 0) is 14.8 Å². The van der Waals surface area contributed by atoms with Crippen molar-refractivity contribution < 1.29 is 27.4 Å². The number of benzene rings is 2. The molecule has 2 aromatic carbocycles. The number of sulfonamides is 1. The van der Waals surface area contributed by atoms with E-state index in [1.807, 2.05) is 12.1 Å². The van der Waals surface area contributed by atoms with Crippen LogP contribution in [-0.4, -0.2) is 59.3 Å². The Balaban J connectivity index is 1.60. The van der Waals surface area contributed by atoms with E-state index in [-0.39, 0.29) is 29.8 Å². The lowest BCUT2D eigenvalue weighted by Gasteiger charge is -2.30. The first-order chi connectivity index (χ1) is 15.8. The predicted octanol–water partition coefficient (Wildman–Crippen LogP) is 3.03. The average Bonchev–Trinajstić information content (AvgIpc) is 2.83. The Morgan fingerprint density at radius 2 is 1.67 bits per heavy atom. The number of nitrogens with one attached hydrogen (secondary N) is 1. The molecule has 178 valence electrons. The van der Waals surface area contributed by atoms with Crippen LogP contribution in [0.2, 0.25) is 0 Å². The summed E-state index contributed by atoms with van der Waals surface area (Å²) in [6.07, 6.45) is 2.31. The molecule has 33 heavy (non-hydrogen) atoms. The maximum absolute atomic E-state index is 13.0. The van der Waals surface area contributed by atoms with Crippen LogP contribution in [0.25, 0.3) is 0 Å². The SMILES string of the molecule is COc1ccc(Br)cc1/C=N\NC(=O)C1CCN(S(=O)(=O)c2ccc(OC)c(OC)c2)CC1. The number of methoxy groups -OCH3 is 3. The molecule has 0 radical (unpaired) electrons. The number of hydrogen-bond acceptors (Lipinski definition) is 7. The summed E-state index contributed by atoms with van der Waals surface area (Å²) in [6.45, 7) is 0.468. The van der Waals surface area contributed by atoms with Gasteiger partial charge in [-0.15, -0.1) is 0 Å². The standard InChI is InChI=1S/C22H26BrN3O6S/c1-30-19-6-4-17(23)12-16(19)14-24-25-22(27)15-8-10-26(11-9-15)33(28,29)18-5-7-20(31-2)21(13-18)32-3/h4-7,12-15H,8-11H2,1-3H3,(H,25,27)/b24-14-. The van der Waals surface area contributed by atoms with Gasteiger partial charge in [-0.2, -0.15) is 9.41 Å². The highest BCUT2D eigenvalue weighted by Gasteiger charge is 2.32. The van der Waals surface area contributed by atoms with Gasteiger partial charge in [-0.25, -0.2) is 13.8 Å². The van der Waals surface area contributed by atoms with Crippen LogP contribution in [0.4, 0.5) is 0 Å². The number of amides is 1. The van der Waals surface area contributed by atoms with E-state index in [2.05, 4.69) is 26.5 Å². The Bertz CT molecular complexity index is 1130. The van der Waals surface area contributed by atoms with Crippen LogP contribution in [0.1, 0.15) is 18.4 Å². The van der Waals surface area contributed by atoms with Crippen molar-refractivity contribution in [2.24, 2.45) is 11.0 Å². The Morgan fingerprint density at radius 3 is 2.30 bits per heavy atom. The van der Waals surface area contributed by atoms with E-state index in [0.717, 1.165) is 4.47 Å². The van der Waals surface area contributed by atoms with Gasteiger partial charge < -0.3 is 14.2 Å². The van der Waals surface area contributed by atoms with Crippen molar-refractivity contribution in [1.82, 2.24) is 9.73 Å².